The third kappa shape index (κ3) is 3.89. The van der Waals surface area contributed by atoms with Gasteiger partial charge in [-0.25, -0.2) is 4.98 Å². The van der Waals surface area contributed by atoms with Gasteiger partial charge in [0.2, 0.25) is 5.82 Å². The summed E-state index contributed by atoms with van der Waals surface area (Å²) in [6.07, 6.45) is 3.15. The van der Waals surface area contributed by atoms with E-state index < -0.39 is 0 Å². The number of benzene rings is 3. The fourth-order valence-electron chi connectivity index (χ4n) is 4.05. The summed E-state index contributed by atoms with van der Waals surface area (Å²) in [5.41, 5.74) is 6.03. The first-order valence-corrected chi connectivity index (χ1v) is 11.2. The predicted molar refractivity (Wildman–Crippen MR) is 128 cm³/mol. The van der Waals surface area contributed by atoms with E-state index in [2.05, 4.69) is 68.5 Å². The van der Waals surface area contributed by atoms with Crippen LogP contribution < -0.4 is 0 Å². The molecule has 0 unspecified atom stereocenters. The second-order valence-electron chi connectivity index (χ2n) is 7.80. The minimum absolute atomic E-state index is 0.545. The number of hydrogen-bond acceptors (Lipinski definition) is 4. The fraction of sp³-hybridized carbons (Fsp3) is 0.200. The van der Waals surface area contributed by atoms with E-state index in [1.165, 1.54) is 0 Å². The molecule has 5 rings (SSSR count). The van der Waals surface area contributed by atoms with Gasteiger partial charge >= 0.3 is 0 Å². The molecule has 0 bridgehead atoms. The third-order valence-corrected chi connectivity index (χ3v) is 6.03. The van der Waals surface area contributed by atoms with Gasteiger partial charge in [-0.05, 0) is 52.6 Å². The smallest absolute Gasteiger partial charge is 0.205 e. The van der Waals surface area contributed by atoms with E-state index in [0.29, 0.717) is 17.4 Å². The van der Waals surface area contributed by atoms with Crippen molar-refractivity contribution in [2.24, 2.45) is 0 Å². The second-order valence-corrected chi connectivity index (χ2v) is 8.20. The van der Waals surface area contributed by atoms with Crippen molar-refractivity contribution in [1.82, 2.24) is 30.2 Å². The summed E-state index contributed by atoms with van der Waals surface area (Å²) in [5, 5.41) is 15.5. The lowest BCUT2D eigenvalue weighted by Gasteiger charge is -2.15. The van der Waals surface area contributed by atoms with Gasteiger partial charge in [0, 0.05) is 17.0 Å². The molecule has 160 valence electrons. The van der Waals surface area contributed by atoms with Crippen LogP contribution in [0.15, 0.2) is 66.7 Å². The number of rotatable bonds is 7. The van der Waals surface area contributed by atoms with Crippen LogP contribution in [0.25, 0.3) is 33.5 Å². The first-order valence-electron chi connectivity index (χ1n) is 10.8. The van der Waals surface area contributed by atoms with Gasteiger partial charge < -0.3 is 4.57 Å². The summed E-state index contributed by atoms with van der Waals surface area (Å²) in [4.78, 5) is 4.89. The molecule has 0 radical (unpaired) electrons. The van der Waals surface area contributed by atoms with E-state index in [-0.39, 0.29) is 0 Å². The molecule has 32 heavy (non-hydrogen) atoms. The van der Waals surface area contributed by atoms with Crippen molar-refractivity contribution < 1.29 is 0 Å². The topological polar surface area (TPSA) is 72.3 Å². The number of unbranched alkanes of at least 4 members (excludes halogenated alkanes) is 1. The zero-order chi connectivity index (χ0) is 21.9. The number of imidazole rings is 1. The summed E-state index contributed by atoms with van der Waals surface area (Å²) in [5.74, 6) is 1.63. The van der Waals surface area contributed by atoms with E-state index >= 15 is 0 Å². The minimum atomic E-state index is 0.545. The highest BCUT2D eigenvalue weighted by molar-refractivity contribution is 6.31. The average molecular weight is 443 g/mol. The van der Waals surface area contributed by atoms with E-state index in [1.807, 2.05) is 30.3 Å². The Hall–Kier alpha value is -3.51. The highest BCUT2D eigenvalue weighted by Crippen LogP contribution is 2.35. The zero-order valence-electron chi connectivity index (χ0n) is 17.8. The second kappa shape index (κ2) is 8.93. The first-order chi connectivity index (χ1) is 15.7. The highest BCUT2D eigenvalue weighted by atomic mass is 35.5. The summed E-state index contributed by atoms with van der Waals surface area (Å²) in [7, 11) is 0. The molecule has 0 amide bonds. The Kier molecular flexibility index (Phi) is 5.69. The fourth-order valence-corrected chi connectivity index (χ4v) is 4.28. The highest BCUT2D eigenvalue weighted by Gasteiger charge is 2.17. The summed E-state index contributed by atoms with van der Waals surface area (Å²) >= 11 is 6.84. The number of nitrogens with zero attached hydrogens (tertiary/aromatic N) is 5. The number of para-hydroxylation sites is 2. The van der Waals surface area contributed by atoms with Crippen molar-refractivity contribution in [3.05, 3.63) is 83.1 Å². The monoisotopic (exact) mass is 442 g/mol. The molecule has 7 heteroatoms. The van der Waals surface area contributed by atoms with E-state index in [9.17, 15) is 0 Å². The van der Waals surface area contributed by atoms with Gasteiger partial charge in [0.15, 0.2) is 0 Å². The summed E-state index contributed by atoms with van der Waals surface area (Å²) in [6, 6.07) is 22.5. The number of aromatic amines is 1. The number of aryl methyl sites for hydroxylation is 1. The van der Waals surface area contributed by atoms with Crippen LogP contribution >= 0.6 is 11.6 Å². The molecular weight excluding hydrogens is 420 g/mol. The Morgan fingerprint density at radius 1 is 0.969 bits per heavy atom. The van der Waals surface area contributed by atoms with Crippen LogP contribution in [0.3, 0.4) is 0 Å². The van der Waals surface area contributed by atoms with Crippen molar-refractivity contribution in [3.63, 3.8) is 0 Å². The zero-order valence-corrected chi connectivity index (χ0v) is 18.5. The van der Waals surface area contributed by atoms with Crippen LogP contribution in [0.4, 0.5) is 0 Å². The van der Waals surface area contributed by atoms with Gasteiger partial charge in [-0.2, -0.15) is 5.21 Å². The Labute approximate surface area is 191 Å². The van der Waals surface area contributed by atoms with Gasteiger partial charge in [0.05, 0.1) is 17.6 Å². The number of fused-ring (bicyclic) bond motifs is 1. The summed E-state index contributed by atoms with van der Waals surface area (Å²) in [6.45, 7) is 2.82. The lowest BCUT2D eigenvalue weighted by atomic mass is 9.96. The van der Waals surface area contributed by atoms with E-state index in [4.69, 9.17) is 16.6 Å². The Bertz CT molecular complexity index is 1340. The van der Waals surface area contributed by atoms with Gasteiger partial charge in [-0.1, -0.05) is 67.4 Å². The van der Waals surface area contributed by atoms with Crippen molar-refractivity contribution >= 4 is 22.6 Å². The minimum Gasteiger partial charge on any atom is -0.323 e. The van der Waals surface area contributed by atoms with Crippen LogP contribution in [0.2, 0.25) is 5.02 Å². The number of tetrazole rings is 1. The maximum atomic E-state index is 6.84. The van der Waals surface area contributed by atoms with Crippen LogP contribution in [-0.4, -0.2) is 30.2 Å². The molecule has 6 nitrogen and oxygen atoms in total. The molecule has 0 aliphatic heterocycles. The lowest BCUT2D eigenvalue weighted by molar-refractivity contribution is 0.690. The molecule has 5 aromatic rings. The van der Waals surface area contributed by atoms with Crippen molar-refractivity contribution in [2.45, 2.75) is 32.7 Å². The maximum absolute atomic E-state index is 6.84. The SMILES string of the molecule is CCCCc1nc2ccccc2n1Cc1cc(-c2nn[nH]n2)c(-c2ccccc2)cc1Cl. The van der Waals surface area contributed by atoms with Gasteiger partial charge in [-0.15, -0.1) is 10.2 Å². The maximum Gasteiger partial charge on any atom is 0.205 e. The van der Waals surface area contributed by atoms with Crippen LogP contribution in [0, 0.1) is 0 Å². The Morgan fingerprint density at radius 2 is 1.78 bits per heavy atom. The van der Waals surface area contributed by atoms with Crippen LogP contribution in [0.5, 0.6) is 0 Å². The molecule has 0 saturated carbocycles. The normalized spacial score (nSPS) is 11.3. The molecule has 0 fully saturated rings. The van der Waals surface area contributed by atoms with Gasteiger partial charge in [-0.3, -0.25) is 0 Å². The predicted octanol–water partition coefficient (Wildman–Crippen LogP) is 5.93. The van der Waals surface area contributed by atoms with Gasteiger partial charge in [0.1, 0.15) is 5.82 Å². The average Bonchev–Trinajstić information content (AvgIpc) is 3.48. The number of halogens is 1. The number of aromatic nitrogens is 6. The lowest BCUT2D eigenvalue weighted by Crippen LogP contribution is -2.06. The number of nitrogens with one attached hydrogen (secondary N) is 1. The molecule has 0 spiro atoms. The van der Waals surface area contributed by atoms with Crippen molar-refractivity contribution in [1.29, 1.82) is 0 Å². The van der Waals surface area contributed by atoms with Crippen molar-refractivity contribution in [3.8, 4) is 22.5 Å². The quantitative estimate of drug-likeness (QED) is 0.339. The number of hydrogen-bond donors (Lipinski definition) is 1. The molecule has 2 heterocycles. The van der Waals surface area contributed by atoms with E-state index in [1.54, 1.807) is 0 Å². The molecule has 0 atom stereocenters. The van der Waals surface area contributed by atoms with Crippen LogP contribution in [0.1, 0.15) is 31.2 Å². The first kappa shape index (κ1) is 20.4. The molecule has 0 aliphatic rings. The third-order valence-electron chi connectivity index (χ3n) is 5.67. The molecule has 1 N–H and O–H groups in total. The van der Waals surface area contributed by atoms with Gasteiger partial charge in [0.25, 0.3) is 0 Å². The Balaban J connectivity index is 1.63. The Morgan fingerprint density at radius 3 is 2.56 bits per heavy atom. The van der Waals surface area contributed by atoms with Crippen LogP contribution in [-0.2, 0) is 13.0 Å². The molecule has 2 aromatic heterocycles. The van der Waals surface area contributed by atoms with E-state index in [0.717, 1.165) is 58.4 Å². The number of H-pyrrole nitrogens is 1. The molecule has 0 saturated heterocycles. The molecule has 3 aromatic carbocycles. The standard InChI is InChI=1S/C25H23ClN6/c1-2-3-13-24-27-22-11-7-8-12-23(22)32(24)16-18-14-20(25-28-30-31-29-25)19(15-21(18)26)17-9-5-4-6-10-17/h4-12,14-15H,2-3,13,16H2,1H3,(H,28,29,30,31). The molecular formula is C25H23ClN6. The molecule has 0 aliphatic carbocycles. The largest absolute Gasteiger partial charge is 0.323 e. The summed E-state index contributed by atoms with van der Waals surface area (Å²) < 4.78 is 2.27. The van der Waals surface area contributed by atoms with Crippen molar-refractivity contribution in [2.75, 3.05) is 0 Å².